The second-order valence-corrected chi connectivity index (χ2v) is 8.21. The van der Waals surface area contributed by atoms with Crippen molar-refractivity contribution in [3.05, 3.63) is 29.3 Å². The fourth-order valence-electron chi connectivity index (χ4n) is 2.03. The summed E-state index contributed by atoms with van der Waals surface area (Å²) in [6.07, 6.45) is 0.834. The molecule has 1 saturated carbocycles. The van der Waals surface area contributed by atoms with E-state index in [9.17, 15) is 18.3 Å². The molecule has 22 heavy (non-hydrogen) atoms. The van der Waals surface area contributed by atoms with Gasteiger partial charge in [0, 0.05) is 11.1 Å². The molecular weight excluding hydrogens is 328 g/mol. The summed E-state index contributed by atoms with van der Waals surface area (Å²) in [5.74, 6) is -0.532. The Bertz CT molecular complexity index is 658. The zero-order chi connectivity index (χ0) is 16.5. The average molecular weight is 347 g/mol. The molecule has 1 amide bonds. The number of halogens is 1. The Hall–Kier alpha value is -1.15. The van der Waals surface area contributed by atoms with Gasteiger partial charge in [-0.25, -0.2) is 8.42 Å². The molecule has 1 unspecified atom stereocenters. The van der Waals surface area contributed by atoms with Crippen molar-refractivity contribution >= 4 is 27.5 Å². The quantitative estimate of drug-likeness (QED) is 0.713. The molecule has 2 atom stereocenters. The third-order valence-corrected chi connectivity index (χ3v) is 5.49. The summed E-state index contributed by atoms with van der Waals surface area (Å²) >= 11 is 5.72. The third kappa shape index (κ3) is 3.98. The lowest BCUT2D eigenvalue weighted by Crippen LogP contribution is -2.49. The predicted octanol–water partition coefficient (Wildman–Crippen LogP) is 0.894. The molecule has 0 aromatic heterocycles. The molecule has 1 fully saturated rings. The van der Waals surface area contributed by atoms with Gasteiger partial charge in [0.25, 0.3) is 0 Å². The van der Waals surface area contributed by atoms with Crippen LogP contribution in [0.1, 0.15) is 20.3 Å². The molecule has 1 aliphatic rings. The zero-order valence-corrected chi connectivity index (χ0v) is 13.9. The van der Waals surface area contributed by atoms with Crippen molar-refractivity contribution in [1.29, 1.82) is 0 Å². The van der Waals surface area contributed by atoms with Gasteiger partial charge in [-0.05, 0) is 36.1 Å². The Morgan fingerprint density at radius 3 is 2.41 bits per heavy atom. The number of aliphatic hydroxyl groups is 1. The highest BCUT2D eigenvalue weighted by Crippen LogP contribution is 2.44. The Kier molecular flexibility index (Phi) is 4.81. The van der Waals surface area contributed by atoms with Crippen LogP contribution in [0.2, 0.25) is 5.02 Å². The van der Waals surface area contributed by atoms with Crippen molar-refractivity contribution in [2.75, 3.05) is 6.61 Å². The number of rotatable bonds is 6. The molecule has 2 rings (SSSR count). The summed E-state index contributed by atoms with van der Waals surface area (Å²) in [6, 6.07) is 4.33. The summed E-state index contributed by atoms with van der Waals surface area (Å²) in [7, 11) is -3.91. The number of hydrogen-bond donors (Lipinski definition) is 3. The second-order valence-electron chi connectivity index (χ2n) is 6.06. The van der Waals surface area contributed by atoms with Crippen molar-refractivity contribution in [3.8, 4) is 0 Å². The van der Waals surface area contributed by atoms with Crippen LogP contribution in [-0.2, 0) is 14.8 Å². The summed E-state index contributed by atoms with van der Waals surface area (Å²) in [5.41, 5.74) is 0.0186. The number of sulfonamides is 1. The lowest BCUT2D eigenvalue weighted by Gasteiger charge is -2.17. The number of amides is 1. The molecule has 122 valence electrons. The van der Waals surface area contributed by atoms with Gasteiger partial charge in [0.1, 0.15) is 6.04 Å². The molecule has 3 N–H and O–H groups in total. The van der Waals surface area contributed by atoms with Crippen LogP contribution in [-0.4, -0.2) is 38.1 Å². The van der Waals surface area contributed by atoms with Gasteiger partial charge in [0.15, 0.2) is 0 Å². The Balaban J connectivity index is 2.05. The van der Waals surface area contributed by atoms with Gasteiger partial charge in [0.05, 0.1) is 11.5 Å². The van der Waals surface area contributed by atoms with Gasteiger partial charge in [-0.1, -0.05) is 25.4 Å². The summed E-state index contributed by atoms with van der Waals surface area (Å²) in [4.78, 5) is 12.0. The van der Waals surface area contributed by atoms with Crippen molar-refractivity contribution in [1.82, 2.24) is 10.0 Å². The normalized spacial score (nSPS) is 21.2. The number of hydrogen-bond acceptors (Lipinski definition) is 4. The maximum atomic E-state index is 12.2. The van der Waals surface area contributed by atoms with E-state index < -0.39 is 28.6 Å². The van der Waals surface area contributed by atoms with Crippen molar-refractivity contribution in [2.45, 2.75) is 37.2 Å². The summed E-state index contributed by atoms with van der Waals surface area (Å²) < 4.78 is 26.6. The van der Waals surface area contributed by atoms with E-state index in [4.69, 9.17) is 11.6 Å². The number of aliphatic hydroxyl groups excluding tert-OH is 1. The minimum Gasteiger partial charge on any atom is -0.394 e. The lowest BCUT2D eigenvalue weighted by molar-refractivity contribution is -0.123. The molecule has 0 spiro atoms. The van der Waals surface area contributed by atoms with Crippen molar-refractivity contribution in [3.63, 3.8) is 0 Å². The van der Waals surface area contributed by atoms with Crippen LogP contribution in [0.25, 0.3) is 0 Å². The zero-order valence-electron chi connectivity index (χ0n) is 12.3. The molecule has 1 aromatic rings. The molecular formula is C14H19ClN2O4S. The van der Waals surface area contributed by atoms with Gasteiger partial charge >= 0.3 is 0 Å². The van der Waals surface area contributed by atoms with Crippen LogP contribution in [0, 0.1) is 5.41 Å². The van der Waals surface area contributed by atoms with Crippen LogP contribution >= 0.6 is 11.6 Å². The van der Waals surface area contributed by atoms with Crippen LogP contribution in [0.4, 0.5) is 0 Å². The average Bonchev–Trinajstić information content (AvgIpc) is 3.03. The fourth-order valence-corrected chi connectivity index (χ4v) is 3.34. The maximum absolute atomic E-state index is 12.2. The Labute approximate surface area is 134 Å². The van der Waals surface area contributed by atoms with Gasteiger partial charge in [-0.3, -0.25) is 4.79 Å². The highest BCUT2D eigenvalue weighted by Gasteiger charge is 2.47. The number of benzene rings is 1. The first-order valence-corrected chi connectivity index (χ1v) is 8.71. The highest BCUT2D eigenvalue weighted by atomic mass is 35.5. The SMILES string of the molecule is CC1(C)C[C@@H]1NC(=O)C(CO)NS(=O)(=O)c1ccc(Cl)cc1. The maximum Gasteiger partial charge on any atom is 0.241 e. The second kappa shape index (κ2) is 6.16. The minimum absolute atomic E-state index is 0.00841. The van der Waals surface area contributed by atoms with E-state index in [0.717, 1.165) is 6.42 Å². The molecule has 0 saturated heterocycles. The summed E-state index contributed by atoms with van der Waals surface area (Å²) in [5, 5.41) is 12.4. The number of carbonyl (C=O) groups excluding carboxylic acids is 1. The van der Waals surface area contributed by atoms with Crippen LogP contribution in [0.3, 0.4) is 0 Å². The topological polar surface area (TPSA) is 95.5 Å². The lowest BCUT2D eigenvalue weighted by atomic mass is 10.2. The standard InChI is InChI=1S/C14H19ClN2O4S/c1-14(2)7-12(14)16-13(19)11(8-18)17-22(20,21)10-5-3-9(15)4-6-10/h3-6,11-12,17-18H,7-8H2,1-2H3,(H,16,19)/t11?,12-/m0/s1. The van der Waals surface area contributed by atoms with E-state index in [1.165, 1.54) is 24.3 Å². The molecule has 8 heteroatoms. The first-order chi connectivity index (χ1) is 10.2. The molecule has 1 aliphatic carbocycles. The molecule has 1 aromatic carbocycles. The van der Waals surface area contributed by atoms with Crippen molar-refractivity contribution in [2.24, 2.45) is 5.41 Å². The molecule has 0 radical (unpaired) electrons. The van der Waals surface area contributed by atoms with Gasteiger partial charge in [-0.2, -0.15) is 4.72 Å². The van der Waals surface area contributed by atoms with E-state index >= 15 is 0 Å². The van der Waals surface area contributed by atoms with Gasteiger partial charge in [-0.15, -0.1) is 0 Å². The van der Waals surface area contributed by atoms with E-state index in [2.05, 4.69) is 10.0 Å². The monoisotopic (exact) mass is 346 g/mol. The largest absolute Gasteiger partial charge is 0.394 e. The van der Waals surface area contributed by atoms with E-state index in [0.29, 0.717) is 5.02 Å². The smallest absolute Gasteiger partial charge is 0.241 e. The highest BCUT2D eigenvalue weighted by molar-refractivity contribution is 7.89. The Morgan fingerprint density at radius 2 is 1.95 bits per heavy atom. The summed E-state index contributed by atoms with van der Waals surface area (Å²) in [6.45, 7) is 3.39. The van der Waals surface area contributed by atoms with E-state index in [1.807, 2.05) is 13.8 Å². The van der Waals surface area contributed by atoms with Crippen LogP contribution in [0.5, 0.6) is 0 Å². The minimum atomic E-state index is -3.91. The molecule has 0 heterocycles. The van der Waals surface area contributed by atoms with E-state index in [-0.39, 0.29) is 16.4 Å². The predicted molar refractivity (Wildman–Crippen MR) is 83.0 cm³/mol. The third-order valence-electron chi connectivity index (χ3n) is 3.75. The number of nitrogens with one attached hydrogen (secondary N) is 2. The van der Waals surface area contributed by atoms with Crippen LogP contribution in [0.15, 0.2) is 29.2 Å². The van der Waals surface area contributed by atoms with Crippen LogP contribution < -0.4 is 10.0 Å². The molecule has 0 bridgehead atoms. The van der Waals surface area contributed by atoms with Gasteiger partial charge < -0.3 is 10.4 Å². The first kappa shape index (κ1) is 17.2. The Morgan fingerprint density at radius 1 is 1.41 bits per heavy atom. The first-order valence-electron chi connectivity index (χ1n) is 6.85. The molecule has 6 nitrogen and oxygen atoms in total. The van der Waals surface area contributed by atoms with E-state index in [1.54, 1.807) is 0 Å². The number of carbonyl (C=O) groups is 1. The molecule has 0 aliphatic heterocycles. The van der Waals surface area contributed by atoms with Gasteiger partial charge in [0.2, 0.25) is 15.9 Å². The fraction of sp³-hybridized carbons (Fsp3) is 0.500. The van der Waals surface area contributed by atoms with Crippen molar-refractivity contribution < 1.29 is 18.3 Å².